The number of likely N-dealkylation sites (tertiary alicyclic amines) is 1. The van der Waals surface area contributed by atoms with Gasteiger partial charge in [0.25, 0.3) is 0 Å². The van der Waals surface area contributed by atoms with Crippen molar-refractivity contribution in [2.45, 2.75) is 19.5 Å². The van der Waals surface area contributed by atoms with Crippen LogP contribution in [0.3, 0.4) is 0 Å². The number of hydrogen-bond donors (Lipinski definition) is 0. The number of likely N-dealkylation sites (N-methyl/N-ethyl adjacent to an activating group) is 1. The van der Waals surface area contributed by atoms with Crippen molar-refractivity contribution in [1.29, 1.82) is 5.26 Å². The quantitative estimate of drug-likeness (QED) is 0.836. The van der Waals surface area contributed by atoms with Gasteiger partial charge < -0.3 is 4.90 Å². The first-order valence-electron chi connectivity index (χ1n) is 7.96. The van der Waals surface area contributed by atoms with Crippen LogP contribution in [0.4, 0.5) is 0 Å². The van der Waals surface area contributed by atoms with Gasteiger partial charge in [0.1, 0.15) is 0 Å². The molecule has 0 saturated carbocycles. The van der Waals surface area contributed by atoms with Gasteiger partial charge in [-0.3, -0.25) is 9.80 Å². The molecule has 0 atom stereocenters. The minimum absolute atomic E-state index is 0.744. The van der Waals surface area contributed by atoms with Crippen molar-refractivity contribution in [3.63, 3.8) is 0 Å². The summed E-state index contributed by atoms with van der Waals surface area (Å²) in [6.45, 7) is 11.7. The molecule has 0 aliphatic carbocycles. The molecule has 1 aromatic carbocycles. The van der Waals surface area contributed by atoms with Crippen LogP contribution in [0, 0.1) is 11.3 Å². The van der Waals surface area contributed by atoms with Gasteiger partial charge in [-0.2, -0.15) is 5.26 Å². The van der Waals surface area contributed by atoms with Gasteiger partial charge in [-0.1, -0.05) is 19.1 Å². The molecule has 4 nitrogen and oxygen atoms in total. The summed E-state index contributed by atoms with van der Waals surface area (Å²) in [5.74, 6) is 0. The lowest BCUT2D eigenvalue weighted by Gasteiger charge is -2.48. The van der Waals surface area contributed by atoms with E-state index < -0.39 is 0 Å². The molecule has 0 spiro atoms. The molecule has 3 rings (SSSR count). The summed E-state index contributed by atoms with van der Waals surface area (Å²) >= 11 is 0. The first kappa shape index (κ1) is 14.5. The Morgan fingerprint density at radius 2 is 1.71 bits per heavy atom. The third-order valence-corrected chi connectivity index (χ3v) is 4.80. The molecule has 2 fully saturated rings. The molecule has 0 amide bonds. The molecule has 21 heavy (non-hydrogen) atoms. The normalized spacial score (nSPS) is 21.9. The summed E-state index contributed by atoms with van der Waals surface area (Å²) in [6.07, 6.45) is 0. The third kappa shape index (κ3) is 3.44. The van der Waals surface area contributed by atoms with Crippen LogP contribution in [-0.2, 0) is 6.54 Å². The molecule has 2 aliphatic heterocycles. The molecule has 4 heteroatoms. The van der Waals surface area contributed by atoms with Gasteiger partial charge in [0.2, 0.25) is 0 Å². The average Bonchev–Trinajstić information content (AvgIpc) is 2.51. The van der Waals surface area contributed by atoms with Gasteiger partial charge in [-0.15, -0.1) is 0 Å². The fourth-order valence-electron chi connectivity index (χ4n) is 3.29. The van der Waals surface area contributed by atoms with Gasteiger partial charge in [0.15, 0.2) is 0 Å². The Bertz CT molecular complexity index is 491. The zero-order valence-corrected chi connectivity index (χ0v) is 12.8. The predicted molar refractivity (Wildman–Crippen MR) is 83.9 cm³/mol. The van der Waals surface area contributed by atoms with Crippen molar-refractivity contribution in [2.24, 2.45) is 0 Å². The van der Waals surface area contributed by atoms with E-state index in [1.165, 1.54) is 51.4 Å². The van der Waals surface area contributed by atoms with E-state index >= 15 is 0 Å². The second-order valence-electron chi connectivity index (χ2n) is 6.13. The topological polar surface area (TPSA) is 33.5 Å². The van der Waals surface area contributed by atoms with Crippen molar-refractivity contribution in [1.82, 2.24) is 14.7 Å². The Labute approximate surface area is 127 Å². The van der Waals surface area contributed by atoms with Gasteiger partial charge in [-0.25, -0.2) is 0 Å². The third-order valence-electron chi connectivity index (χ3n) is 4.80. The van der Waals surface area contributed by atoms with Crippen LogP contribution >= 0.6 is 0 Å². The second-order valence-corrected chi connectivity index (χ2v) is 6.13. The van der Waals surface area contributed by atoms with Crippen LogP contribution in [-0.4, -0.2) is 66.6 Å². The van der Waals surface area contributed by atoms with Crippen LogP contribution in [0.15, 0.2) is 24.3 Å². The van der Waals surface area contributed by atoms with E-state index in [4.69, 9.17) is 5.26 Å². The van der Waals surface area contributed by atoms with E-state index in [2.05, 4.69) is 39.8 Å². The highest BCUT2D eigenvalue weighted by Crippen LogP contribution is 2.19. The monoisotopic (exact) mass is 284 g/mol. The predicted octanol–water partition coefficient (Wildman–Crippen LogP) is 1.38. The molecule has 1 aromatic rings. The van der Waals surface area contributed by atoms with E-state index in [9.17, 15) is 0 Å². The van der Waals surface area contributed by atoms with E-state index in [1.54, 1.807) is 0 Å². The average molecular weight is 284 g/mol. The largest absolute Gasteiger partial charge is 0.301 e. The lowest BCUT2D eigenvalue weighted by molar-refractivity contribution is 0.00212. The van der Waals surface area contributed by atoms with Crippen LogP contribution in [0.25, 0.3) is 0 Å². The van der Waals surface area contributed by atoms with Crippen molar-refractivity contribution in [3.05, 3.63) is 35.4 Å². The van der Waals surface area contributed by atoms with E-state index in [1.807, 2.05) is 12.1 Å². The molecule has 0 radical (unpaired) electrons. The van der Waals surface area contributed by atoms with E-state index in [0.717, 1.165) is 18.2 Å². The Hall–Kier alpha value is -1.41. The fourth-order valence-corrected chi connectivity index (χ4v) is 3.29. The Morgan fingerprint density at radius 1 is 1.05 bits per heavy atom. The standard InChI is InChI=1S/C17H24N4/c1-2-19-7-9-21(10-8-19)17-13-20(14-17)12-16-5-3-15(11-18)4-6-16/h3-6,17H,2,7-10,12-14H2,1H3. The summed E-state index contributed by atoms with van der Waals surface area (Å²) in [6, 6.07) is 10.9. The lowest BCUT2D eigenvalue weighted by Crippen LogP contribution is -2.62. The Morgan fingerprint density at radius 3 is 2.29 bits per heavy atom. The van der Waals surface area contributed by atoms with Gasteiger partial charge in [-0.05, 0) is 24.2 Å². The van der Waals surface area contributed by atoms with Gasteiger partial charge >= 0.3 is 0 Å². The summed E-state index contributed by atoms with van der Waals surface area (Å²) in [5, 5.41) is 8.81. The molecule has 2 aliphatic rings. The summed E-state index contributed by atoms with van der Waals surface area (Å²) in [5.41, 5.74) is 2.05. The van der Waals surface area contributed by atoms with Gasteiger partial charge in [0.05, 0.1) is 11.6 Å². The van der Waals surface area contributed by atoms with Crippen LogP contribution in [0.2, 0.25) is 0 Å². The summed E-state index contributed by atoms with van der Waals surface area (Å²) in [7, 11) is 0. The Balaban J connectivity index is 1.42. The molecular weight excluding hydrogens is 260 g/mol. The number of benzene rings is 1. The highest BCUT2D eigenvalue weighted by molar-refractivity contribution is 5.31. The van der Waals surface area contributed by atoms with Crippen molar-refractivity contribution in [3.8, 4) is 6.07 Å². The summed E-state index contributed by atoms with van der Waals surface area (Å²) < 4.78 is 0. The number of rotatable bonds is 4. The molecule has 0 unspecified atom stereocenters. The minimum atomic E-state index is 0.744. The first-order valence-corrected chi connectivity index (χ1v) is 7.96. The number of nitriles is 1. The van der Waals surface area contributed by atoms with Crippen LogP contribution in [0.1, 0.15) is 18.1 Å². The van der Waals surface area contributed by atoms with Crippen molar-refractivity contribution < 1.29 is 0 Å². The number of hydrogen-bond acceptors (Lipinski definition) is 4. The minimum Gasteiger partial charge on any atom is -0.301 e. The molecule has 2 heterocycles. The van der Waals surface area contributed by atoms with Crippen LogP contribution in [0.5, 0.6) is 0 Å². The van der Waals surface area contributed by atoms with Crippen LogP contribution < -0.4 is 0 Å². The fraction of sp³-hybridized carbons (Fsp3) is 0.588. The molecule has 0 N–H and O–H groups in total. The van der Waals surface area contributed by atoms with E-state index in [-0.39, 0.29) is 0 Å². The molecule has 112 valence electrons. The second kappa shape index (κ2) is 6.57. The maximum absolute atomic E-state index is 8.81. The maximum atomic E-state index is 8.81. The van der Waals surface area contributed by atoms with Gasteiger partial charge in [0, 0.05) is 51.9 Å². The molecular formula is C17H24N4. The highest BCUT2D eigenvalue weighted by Gasteiger charge is 2.32. The van der Waals surface area contributed by atoms with E-state index in [0.29, 0.717) is 0 Å². The lowest BCUT2D eigenvalue weighted by atomic mass is 10.0. The number of nitrogens with zero attached hydrogens (tertiary/aromatic N) is 4. The first-order chi connectivity index (χ1) is 10.3. The maximum Gasteiger partial charge on any atom is 0.0991 e. The van der Waals surface area contributed by atoms with Crippen molar-refractivity contribution in [2.75, 3.05) is 45.8 Å². The molecule has 2 saturated heterocycles. The SMILES string of the molecule is CCN1CCN(C2CN(Cc3ccc(C#N)cc3)C2)CC1. The zero-order valence-electron chi connectivity index (χ0n) is 12.8. The zero-order chi connectivity index (χ0) is 14.7. The van der Waals surface area contributed by atoms with Crippen molar-refractivity contribution >= 4 is 0 Å². The number of piperazine rings is 1. The molecule has 0 bridgehead atoms. The highest BCUT2D eigenvalue weighted by atomic mass is 15.3. The Kier molecular flexibility index (Phi) is 4.54. The smallest absolute Gasteiger partial charge is 0.0991 e. The molecule has 0 aromatic heterocycles. The summed E-state index contributed by atoms with van der Waals surface area (Å²) in [4.78, 5) is 7.68.